The molecule has 6 heteroatoms. The molecular weight excluding hydrogens is 298 g/mol. The second-order valence-corrected chi connectivity index (χ2v) is 6.21. The van der Waals surface area contributed by atoms with Gasteiger partial charge in [0.2, 0.25) is 0 Å². The molecule has 1 aromatic rings. The van der Waals surface area contributed by atoms with Gasteiger partial charge in [-0.1, -0.05) is 19.8 Å². The van der Waals surface area contributed by atoms with E-state index >= 15 is 0 Å². The van der Waals surface area contributed by atoms with Crippen LogP contribution < -0.4 is 5.32 Å². The zero-order valence-corrected chi connectivity index (χ0v) is 13.8. The molecule has 0 aromatic carbocycles. The summed E-state index contributed by atoms with van der Waals surface area (Å²) in [7, 11) is 0. The van der Waals surface area contributed by atoms with E-state index in [1.54, 1.807) is 6.92 Å². The summed E-state index contributed by atoms with van der Waals surface area (Å²) in [5, 5.41) is 11.6. The molecule has 2 atom stereocenters. The number of rotatable bonds is 7. The number of furan rings is 1. The van der Waals surface area contributed by atoms with Crippen LogP contribution in [0.5, 0.6) is 0 Å². The van der Waals surface area contributed by atoms with Gasteiger partial charge >= 0.3 is 5.97 Å². The monoisotopic (exact) mass is 323 g/mol. The molecule has 1 amide bonds. The highest BCUT2D eigenvalue weighted by atomic mass is 16.5. The molecule has 0 spiro atoms. The third kappa shape index (κ3) is 4.82. The van der Waals surface area contributed by atoms with Crippen molar-refractivity contribution in [2.24, 2.45) is 5.92 Å². The zero-order chi connectivity index (χ0) is 16.8. The molecule has 1 heterocycles. The molecule has 0 saturated heterocycles. The van der Waals surface area contributed by atoms with Crippen molar-refractivity contribution in [2.45, 2.75) is 52.1 Å². The van der Waals surface area contributed by atoms with Gasteiger partial charge in [-0.25, -0.2) is 0 Å². The molecule has 128 valence electrons. The van der Waals surface area contributed by atoms with E-state index in [4.69, 9.17) is 14.3 Å². The number of aliphatic carboxylic acids is 1. The molecule has 1 aliphatic rings. The van der Waals surface area contributed by atoms with E-state index in [1.807, 2.05) is 0 Å². The van der Waals surface area contributed by atoms with Gasteiger partial charge in [0.1, 0.15) is 12.2 Å². The quantitative estimate of drug-likeness (QED) is 0.753. The Kier molecular flexibility index (Phi) is 6.21. The van der Waals surface area contributed by atoms with Crippen molar-refractivity contribution in [3.8, 4) is 0 Å². The summed E-state index contributed by atoms with van der Waals surface area (Å²) in [5.41, 5.74) is 0.957. The maximum Gasteiger partial charge on any atom is 0.311 e. The molecule has 23 heavy (non-hydrogen) atoms. The standard InChI is InChI=1S/C17H25NO5/c1-11-5-3-4-6-13(11)22-8-7-18-17(21)16-12(2)10-23-14(16)9-15(19)20/h10-11,13H,3-9H2,1-2H3,(H,18,21)(H,19,20). The molecule has 1 aromatic heterocycles. The predicted molar refractivity (Wildman–Crippen MR) is 84.5 cm³/mol. The highest BCUT2D eigenvalue weighted by Crippen LogP contribution is 2.26. The highest BCUT2D eigenvalue weighted by molar-refractivity contribution is 5.97. The maximum atomic E-state index is 12.2. The number of aryl methyl sites for hydroxylation is 1. The molecule has 1 saturated carbocycles. The molecule has 2 rings (SSSR count). The first-order valence-electron chi connectivity index (χ1n) is 8.17. The summed E-state index contributed by atoms with van der Waals surface area (Å²) in [4.78, 5) is 23.0. The number of carbonyl (C=O) groups is 2. The van der Waals surface area contributed by atoms with E-state index < -0.39 is 5.97 Å². The molecule has 2 N–H and O–H groups in total. The minimum Gasteiger partial charge on any atom is -0.481 e. The molecule has 0 aliphatic heterocycles. The van der Waals surface area contributed by atoms with E-state index in [2.05, 4.69) is 12.2 Å². The summed E-state index contributed by atoms with van der Waals surface area (Å²) in [6.45, 7) is 4.80. The number of carbonyl (C=O) groups excluding carboxylic acids is 1. The van der Waals surface area contributed by atoms with Gasteiger partial charge in [0.05, 0.1) is 24.5 Å². The molecular formula is C17H25NO5. The van der Waals surface area contributed by atoms with Crippen molar-refractivity contribution in [3.05, 3.63) is 23.2 Å². The van der Waals surface area contributed by atoms with E-state index in [9.17, 15) is 9.59 Å². The van der Waals surface area contributed by atoms with Crippen LogP contribution in [0.1, 0.15) is 54.3 Å². The summed E-state index contributed by atoms with van der Waals surface area (Å²) in [6.07, 6.45) is 6.14. The second kappa shape index (κ2) is 8.15. The van der Waals surface area contributed by atoms with E-state index in [1.165, 1.54) is 25.5 Å². The van der Waals surface area contributed by atoms with E-state index in [0.29, 0.717) is 30.2 Å². The highest BCUT2D eigenvalue weighted by Gasteiger charge is 2.22. The number of hydrogen-bond donors (Lipinski definition) is 2. The third-order valence-corrected chi connectivity index (χ3v) is 4.34. The molecule has 1 aliphatic carbocycles. The van der Waals surface area contributed by atoms with Crippen molar-refractivity contribution in [2.75, 3.05) is 13.2 Å². The van der Waals surface area contributed by atoms with Gasteiger partial charge in [0.25, 0.3) is 5.91 Å². The Bertz CT molecular complexity index is 551. The molecule has 0 bridgehead atoms. The van der Waals surface area contributed by atoms with E-state index in [-0.39, 0.29) is 24.2 Å². The Morgan fingerprint density at radius 2 is 2.13 bits per heavy atom. The Morgan fingerprint density at radius 3 is 2.83 bits per heavy atom. The van der Waals surface area contributed by atoms with Crippen molar-refractivity contribution in [3.63, 3.8) is 0 Å². The Hall–Kier alpha value is -1.82. The van der Waals surface area contributed by atoms with Gasteiger partial charge in [-0.2, -0.15) is 0 Å². The van der Waals surface area contributed by atoms with Gasteiger partial charge in [-0.05, 0) is 25.7 Å². The van der Waals surface area contributed by atoms with Crippen LogP contribution in [0.4, 0.5) is 0 Å². The lowest BCUT2D eigenvalue weighted by Gasteiger charge is -2.28. The molecule has 2 unspecified atom stereocenters. The first-order chi connectivity index (χ1) is 11.0. The number of hydrogen-bond acceptors (Lipinski definition) is 4. The fraction of sp³-hybridized carbons (Fsp3) is 0.647. The average molecular weight is 323 g/mol. The van der Waals surface area contributed by atoms with Crippen LogP contribution in [0.25, 0.3) is 0 Å². The van der Waals surface area contributed by atoms with Crippen LogP contribution in [0.3, 0.4) is 0 Å². The topological polar surface area (TPSA) is 88.8 Å². The van der Waals surface area contributed by atoms with Gasteiger partial charge < -0.3 is 19.6 Å². The largest absolute Gasteiger partial charge is 0.481 e. The normalized spacial score (nSPS) is 21.1. The predicted octanol–water partition coefficient (Wildman–Crippen LogP) is 2.54. The Labute approximate surface area is 136 Å². The van der Waals surface area contributed by atoms with Crippen LogP contribution in [-0.4, -0.2) is 36.2 Å². The van der Waals surface area contributed by atoms with Crippen LogP contribution in [0, 0.1) is 12.8 Å². The number of amides is 1. The van der Waals surface area contributed by atoms with Crippen LogP contribution in [-0.2, 0) is 16.0 Å². The number of carboxylic acid groups (broad SMARTS) is 1. The second-order valence-electron chi connectivity index (χ2n) is 6.21. The van der Waals surface area contributed by atoms with Gasteiger partial charge in [0.15, 0.2) is 0 Å². The van der Waals surface area contributed by atoms with E-state index in [0.717, 1.165) is 6.42 Å². The third-order valence-electron chi connectivity index (χ3n) is 4.34. The first-order valence-corrected chi connectivity index (χ1v) is 8.17. The SMILES string of the molecule is Cc1coc(CC(=O)O)c1C(=O)NCCOC1CCCCC1C. The fourth-order valence-electron chi connectivity index (χ4n) is 3.06. The maximum absolute atomic E-state index is 12.2. The minimum atomic E-state index is -1.02. The Morgan fingerprint density at radius 1 is 1.39 bits per heavy atom. The summed E-state index contributed by atoms with van der Waals surface area (Å²) in [6, 6.07) is 0. The van der Waals surface area contributed by atoms with Gasteiger partial charge in [-0.3, -0.25) is 9.59 Å². The van der Waals surface area contributed by atoms with Crippen molar-refractivity contribution < 1.29 is 23.8 Å². The van der Waals surface area contributed by atoms with Gasteiger partial charge in [0, 0.05) is 12.1 Å². The number of ether oxygens (including phenoxy) is 1. The Balaban J connectivity index is 1.81. The summed E-state index contributed by atoms with van der Waals surface area (Å²) in [5.74, 6) is -0.581. The first kappa shape index (κ1) is 17.5. The lowest BCUT2D eigenvalue weighted by atomic mass is 9.88. The van der Waals surface area contributed by atoms with Crippen molar-refractivity contribution in [1.82, 2.24) is 5.32 Å². The lowest BCUT2D eigenvalue weighted by Crippen LogP contribution is -2.32. The average Bonchev–Trinajstić information content (AvgIpc) is 2.85. The zero-order valence-electron chi connectivity index (χ0n) is 13.8. The van der Waals surface area contributed by atoms with Crippen LogP contribution in [0.2, 0.25) is 0 Å². The summed E-state index contributed by atoms with van der Waals surface area (Å²) < 4.78 is 11.0. The van der Waals surface area contributed by atoms with Gasteiger partial charge in [-0.15, -0.1) is 0 Å². The smallest absolute Gasteiger partial charge is 0.311 e. The number of nitrogens with one attached hydrogen (secondary N) is 1. The number of carboxylic acids is 1. The van der Waals surface area contributed by atoms with Crippen molar-refractivity contribution >= 4 is 11.9 Å². The molecule has 1 fully saturated rings. The summed E-state index contributed by atoms with van der Waals surface area (Å²) >= 11 is 0. The van der Waals surface area contributed by atoms with Crippen LogP contribution in [0.15, 0.2) is 10.7 Å². The molecule has 0 radical (unpaired) electrons. The molecule has 6 nitrogen and oxygen atoms in total. The van der Waals surface area contributed by atoms with Crippen LogP contribution >= 0.6 is 0 Å². The van der Waals surface area contributed by atoms with Crippen molar-refractivity contribution in [1.29, 1.82) is 0 Å². The minimum absolute atomic E-state index is 0.189. The fourth-order valence-corrected chi connectivity index (χ4v) is 3.06. The lowest BCUT2D eigenvalue weighted by molar-refractivity contribution is -0.136.